The third kappa shape index (κ3) is 5.35. The van der Waals surface area contributed by atoms with Crippen molar-refractivity contribution in [3.8, 4) is 0 Å². The average molecular weight is 387 g/mol. The van der Waals surface area contributed by atoms with Crippen molar-refractivity contribution in [1.29, 1.82) is 0 Å². The van der Waals surface area contributed by atoms with Crippen LogP contribution < -0.4 is 16.0 Å². The Kier molecular flexibility index (Phi) is 5.98. The van der Waals surface area contributed by atoms with E-state index in [-0.39, 0.29) is 36.3 Å². The van der Waals surface area contributed by atoms with Crippen LogP contribution in [0, 0.1) is 17.6 Å². The van der Waals surface area contributed by atoms with Crippen LogP contribution in [0.25, 0.3) is 0 Å². The quantitative estimate of drug-likeness (QED) is 0.682. The third-order valence-corrected chi connectivity index (χ3v) is 4.20. The fourth-order valence-electron chi connectivity index (χ4n) is 2.51. The van der Waals surface area contributed by atoms with Crippen molar-refractivity contribution < 1.29 is 23.2 Å². The summed E-state index contributed by atoms with van der Waals surface area (Å²) in [5.41, 5.74) is 0.916. The number of hydrogen-bond acceptors (Lipinski definition) is 3. The maximum atomic E-state index is 13.5. The summed E-state index contributed by atoms with van der Waals surface area (Å²) < 4.78 is 26.4. The van der Waals surface area contributed by atoms with E-state index in [1.165, 1.54) is 0 Å². The topological polar surface area (TPSA) is 87.3 Å². The van der Waals surface area contributed by atoms with Crippen molar-refractivity contribution in [2.24, 2.45) is 5.92 Å². The van der Waals surface area contributed by atoms with E-state index in [4.69, 9.17) is 0 Å². The predicted molar refractivity (Wildman–Crippen MR) is 99.7 cm³/mol. The molecule has 0 aromatic heterocycles. The number of rotatable bonds is 7. The Hall–Kier alpha value is -3.29. The average Bonchev–Trinajstić information content (AvgIpc) is 3.48. The maximum absolute atomic E-state index is 13.5. The zero-order chi connectivity index (χ0) is 20.1. The third-order valence-electron chi connectivity index (χ3n) is 4.20. The minimum atomic E-state index is -0.962. The maximum Gasteiger partial charge on any atom is 0.254 e. The lowest BCUT2D eigenvalue weighted by Crippen LogP contribution is -2.28. The number of halogens is 2. The summed E-state index contributed by atoms with van der Waals surface area (Å²) in [6, 6.07) is 9.35. The number of carbonyl (C=O) groups is 3. The van der Waals surface area contributed by atoms with Gasteiger partial charge in [0.05, 0.1) is 5.56 Å². The molecule has 0 atom stereocenters. The van der Waals surface area contributed by atoms with E-state index in [0.29, 0.717) is 17.4 Å². The first kappa shape index (κ1) is 19.5. The Morgan fingerprint density at radius 2 is 1.57 bits per heavy atom. The van der Waals surface area contributed by atoms with E-state index in [9.17, 15) is 23.2 Å². The Balaban J connectivity index is 1.42. The number of anilines is 2. The van der Waals surface area contributed by atoms with Crippen LogP contribution in [0.4, 0.5) is 20.2 Å². The second-order valence-electron chi connectivity index (χ2n) is 6.52. The lowest BCUT2D eigenvalue weighted by molar-refractivity contribution is -0.117. The second-order valence-corrected chi connectivity index (χ2v) is 6.52. The molecule has 0 radical (unpaired) electrons. The Morgan fingerprint density at radius 3 is 2.18 bits per heavy atom. The first-order valence-electron chi connectivity index (χ1n) is 8.86. The largest absolute Gasteiger partial charge is 0.351 e. The Labute approximate surface area is 160 Å². The van der Waals surface area contributed by atoms with E-state index in [2.05, 4.69) is 16.0 Å². The van der Waals surface area contributed by atoms with Gasteiger partial charge >= 0.3 is 0 Å². The van der Waals surface area contributed by atoms with Crippen LogP contribution in [-0.2, 0) is 9.59 Å². The van der Waals surface area contributed by atoms with Gasteiger partial charge in [0.15, 0.2) is 0 Å². The van der Waals surface area contributed by atoms with Gasteiger partial charge < -0.3 is 16.0 Å². The normalized spacial score (nSPS) is 12.9. The summed E-state index contributed by atoms with van der Waals surface area (Å²) >= 11 is 0. The smallest absolute Gasteiger partial charge is 0.254 e. The fraction of sp³-hybridized carbons (Fsp3) is 0.250. The molecule has 8 heteroatoms. The molecule has 2 aromatic carbocycles. The van der Waals surface area contributed by atoms with Crippen molar-refractivity contribution >= 4 is 29.1 Å². The number of hydrogen-bond donors (Lipinski definition) is 3. The van der Waals surface area contributed by atoms with Gasteiger partial charge in [-0.15, -0.1) is 0 Å². The zero-order valence-corrected chi connectivity index (χ0v) is 14.9. The van der Waals surface area contributed by atoms with Gasteiger partial charge in [-0.1, -0.05) is 0 Å². The summed E-state index contributed by atoms with van der Waals surface area (Å²) in [7, 11) is 0. The highest BCUT2D eigenvalue weighted by atomic mass is 19.1. The molecule has 1 saturated carbocycles. The highest BCUT2D eigenvalue weighted by molar-refractivity contribution is 5.96. The van der Waals surface area contributed by atoms with Crippen LogP contribution in [-0.4, -0.2) is 24.3 Å². The van der Waals surface area contributed by atoms with Crippen molar-refractivity contribution in [2.45, 2.75) is 19.3 Å². The minimum Gasteiger partial charge on any atom is -0.351 e. The molecule has 0 aliphatic heterocycles. The van der Waals surface area contributed by atoms with Crippen molar-refractivity contribution in [2.75, 3.05) is 17.2 Å². The predicted octanol–water partition coefficient (Wildman–Crippen LogP) is 3.07. The van der Waals surface area contributed by atoms with Crippen LogP contribution in [0.1, 0.15) is 29.6 Å². The van der Waals surface area contributed by atoms with Crippen molar-refractivity contribution in [3.05, 3.63) is 59.7 Å². The van der Waals surface area contributed by atoms with Crippen LogP contribution in [0.5, 0.6) is 0 Å². The summed E-state index contributed by atoms with van der Waals surface area (Å²) in [6.45, 7) is -0.00296. The Morgan fingerprint density at radius 1 is 0.929 bits per heavy atom. The molecule has 1 fully saturated rings. The van der Waals surface area contributed by atoms with Gasteiger partial charge in [0.25, 0.3) is 5.91 Å². The molecule has 28 heavy (non-hydrogen) atoms. The van der Waals surface area contributed by atoms with Gasteiger partial charge in [0, 0.05) is 36.3 Å². The summed E-state index contributed by atoms with van der Waals surface area (Å²) in [5, 5.41) is 7.88. The highest BCUT2D eigenvalue weighted by Gasteiger charge is 2.29. The van der Waals surface area contributed by atoms with E-state index < -0.39 is 17.5 Å². The number of benzene rings is 2. The molecule has 3 N–H and O–H groups in total. The molecule has 0 bridgehead atoms. The molecule has 0 unspecified atom stereocenters. The van der Waals surface area contributed by atoms with Crippen molar-refractivity contribution in [3.63, 3.8) is 0 Å². The zero-order valence-electron chi connectivity index (χ0n) is 14.9. The van der Waals surface area contributed by atoms with Gasteiger partial charge in [-0.2, -0.15) is 0 Å². The first-order chi connectivity index (χ1) is 13.4. The lowest BCUT2D eigenvalue weighted by Gasteiger charge is -2.09. The molecule has 0 spiro atoms. The van der Waals surface area contributed by atoms with Gasteiger partial charge in [0.1, 0.15) is 11.6 Å². The summed E-state index contributed by atoms with van der Waals surface area (Å²) in [4.78, 5) is 35.5. The highest BCUT2D eigenvalue weighted by Crippen LogP contribution is 2.30. The standard InChI is InChI=1S/C20H19F2N3O3/c21-13-3-8-16(17(22)11-13)20(28)23-10-9-18(26)24-14-4-6-15(7-5-14)25-19(27)12-1-2-12/h3-8,11-12H,1-2,9-10H2,(H,23,28)(H,24,26)(H,25,27). The van der Waals surface area contributed by atoms with Crippen LogP contribution in [0.2, 0.25) is 0 Å². The molecule has 6 nitrogen and oxygen atoms in total. The molecule has 0 saturated heterocycles. The second kappa shape index (κ2) is 8.60. The van der Waals surface area contributed by atoms with Crippen LogP contribution in [0.15, 0.2) is 42.5 Å². The van der Waals surface area contributed by atoms with E-state index >= 15 is 0 Å². The first-order valence-corrected chi connectivity index (χ1v) is 8.86. The van der Waals surface area contributed by atoms with Gasteiger partial charge in [0.2, 0.25) is 11.8 Å². The minimum absolute atomic E-state index is 0.00296. The lowest BCUT2D eigenvalue weighted by atomic mass is 10.2. The summed E-state index contributed by atoms with van der Waals surface area (Å²) in [5.74, 6) is -2.68. The molecule has 0 heterocycles. The fourth-order valence-corrected chi connectivity index (χ4v) is 2.51. The van der Waals surface area contributed by atoms with Crippen molar-refractivity contribution in [1.82, 2.24) is 5.32 Å². The monoisotopic (exact) mass is 387 g/mol. The molecule has 146 valence electrons. The molecular weight excluding hydrogens is 368 g/mol. The summed E-state index contributed by atoms with van der Waals surface area (Å²) in [6.07, 6.45) is 1.82. The van der Waals surface area contributed by atoms with E-state index in [0.717, 1.165) is 25.0 Å². The van der Waals surface area contributed by atoms with Crippen LogP contribution >= 0.6 is 0 Å². The number of carbonyl (C=O) groups excluding carboxylic acids is 3. The van der Waals surface area contributed by atoms with Gasteiger partial charge in [-0.05, 0) is 49.2 Å². The SMILES string of the molecule is O=C(CCNC(=O)c1ccc(F)cc1F)Nc1ccc(NC(=O)C2CC2)cc1. The number of nitrogens with one attached hydrogen (secondary N) is 3. The molecule has 1 aliphatic rings. The number of amides is 3. The molecule has 3 rings (SSSR count). The van der Waals surface area contributed by atoms with Gasteiger partial charge in [-0.25, -0.2) is 8.78 Å². The van der Waals surface area contributed by atoms with Gasteiger partial charge in [-0.3, -0.25) is 14.4 Å². The van der Waals surface area contributed by atoms with Crippen LogP contribution in [0.3, 0.4) is 0 Å². The molecule has 3 amide bonds. The molecular formula is C20H19F2N3O3. The Bertz CT molecular complexity index is 896. The van der Waals surface area contributed by atoms with E-state index in [1.807, 2.05) is 0 Å². The molecule has 2 aromatic rings. The van der Waals surface area contributed by atoms with E-state index in [1.54, 1.807) is 24.3 Å². The molecule has 1 aliphatic carbocycles.